The summed E-state index contributed by atoms with van der Waals surface area (Å²) in [4.78, 5) is 28.4. The standard InChI is InChI=1S/C13H19NO2/c1-8-4-9(14-7-8)12-10(15)5-13(2,3)6-11(12)16/h8,12H,4-7H2,1-3H3. The summed E-state index contributed by atoms with van der Waals surface area (Å²) in [7, 11) is 0. The van der Waals surface area contributed by atoms with Crippen molar-refractivity contribution in [2.75, 3.05) is 6.54 Å². The van der Waals surface area contributed by atoms with Gasteiger partial charge < -0.3 is 0 Å². The molecule has 2 aliphatic rings. The van der Waals surface area contributed by atoms with Gasteiger partial charge in [-0.2, -0.15) is 0 Å². The van der Waals surface area contributed by atoms with Gasteiger partial charge in [0.15, 0.2) is 0 Å². The molecule has 16 heavy (non-hydrogen) atoms. The highest BCUT2D eigenvalue weighted by molar-refractivity contribution is 6.22. The molecule has 3 nitrogen and oxygen atoms in total. The molecule has 1 unspecified atom stereocenters. The first kappa shape index (κ1) is 11.5. The first-order chi connectivity index (χ1) is 7.39. The summed E-state index contributed by atoms with van der Waals surface area (Å²) in [5, 5.41) is 0. The Bertz CT molecular complexity index is 348. The number of hydrogen-bond acceptors (Lipinski definition) is 3. The van der Waals surface area contributed by atoms with E-state index in [-0.39, 0.29) is 17.0 Å². The zero-order valence-corrected chi connectivity index (χ0v) is 10.2. The van der Waals surface area contributed by atoms with Gasteiger partial charge in [-0.1, -0.05) is 20.8 Å². The second-order valence-electron chi connectivity index (χ2n) is 6.02. The molecule has 0 aromatic rings. The van der Waals surface area contributed by atoms with Crippen molar-refractivity contribution in [3.8, 4) is 0 Å². The van der Waals surface area contributed by atoms with Crippen LogP contribution in [0.5, 0.6) is 0 Å². The van der Waals surface area contributed by atoms with Gasteiger partial charge in [0.25, 0.3) is 0 Å². The lowest BCUT2D eigenvalue weighted by atomic mass is 9.70. The van der Waals surface area contributed by atoms with Crippen molar-refractivity contribution in [1.82, 2.24) is 0 Å². The maximum atomic E-state index is 12.0. The van der Waals surface area contributed by atoms with E-state index in [2.05, 4.69) is 11.9 Å². The van der Waals surface area contributed by atoms with Gasteiger partial charge in [0.2, 0.25) is 0 Å². The van der Waals surface area contributed by atoms with Crippen molar-refractivity contribution in [3.63, 3.8) is 0 Å². The third-order valence-electron chi connectivity index (χ3n) is 3.45. The third kappa shape index (κ3) is 2.08. The molecule has 0 saturated heterocycles. The normalized spacial score (nSPS) is 30.7. The van der Waals surface area contributed by atoms with Gasteiger partial charge in [-0.05, 0) is 17.8 Å². The van der Waals surface area contributed by atoms with Crippen LogP contribution in [-0.4, -0.2) is 23.8 Å². The second kappa shape index (κ2) is 3.79. The molecule has 3 heteroatoms. The Hall–Kier alpha value is -0.990. The Morgan fingerprint density at radius 2 is 1.75 bits per heavy atom. The summed E-state index contributed by atoms with van der Waals surface area (Å²) < 4.78 is 0. The maximum absolute atomic E-state index is 12.0. The Morgan fingerprint density at radius 3 is 2.19 bits per heavy atom. The van der Waals surface area contributed by atoms with Crippen LogP contribution >= 0.6 is 0 Å². The van der Waals surface area contributed by atoms with Crippen LogP contribution in [0.3, 0.4) is 0 Å². The smallest absolute Gasteiger partial charge is 0.149 e. The summed E-state index contributed by atoms with van der Waals surface area (Å²) in [6.45, 7) is 6.85. The molecule has 0 N–H and O–H groups in total. The van der Waals surface area contributed by atoms with Gasteiger partial charge in [-0.3, -0.25) is 14.6 Å². The van der Waals surface area contributed by atoms with Crippen LogP contribution in [0.15, 0.2) is 4.99 Å². The summed E-state index contributed by atoms with van der Waals surface area (Å²) >= 11 is 0. The molecule has 0 radical (unpaired) electrons. The van der Waals surface area contributed by atoms with Crippen LogP contribution < -0.4 is 0 Å². The van der Waals surface area contributed by atoms with Gasteiger partial charge in [-0.15, -0.1) is 0 Å². The fraction of sp³-hybridized carbons (Fsp3) is 0.769. The minimum Gasteiger partial charge on any atom is -0.298 e. The van der Waals surface area contributed by atoms with Crippen molar-refractivity contribution < 1.29 is 9.59 Å². The van der Waals surface area contributed by atoms with Crippen molar-refractivity contribution in [2.45, 2.75) is 40.0 Å². The van der Waals surface area contributed by atoms with Gasteiger partial charge in [0.1, 0.15) is 17.5 Å². The van der Waals surface area contributed by atoms with Crippen LogP contribution in [-0.2, 0) is 9.59 Å². The van der Waals surface area contributed by atoms with Crippen LogP contribution in [0, 0.1) is 17.3 Å². The number of Topliss-reactive ketones (excluding diaryl/α,β-unsaturated/α-hetero) is 2. The molecule has 0 aromatic carbocycles. The highest BCUT2D eigenvalue weighted by Gasteiger charge is 2.42. The number of nitrogens with zero attached hydrogens (tertiary/aromatic N) is 1. The maximum Gasteiger partial charge on any atom is 0.149 e. The number of carbonyl (C=O) groups excluding carboxylic acids is 2. The summed E-state index contributed by atoms with van der Waals surface area (Å²) in [5.74, 6) is 0.145. The monoisotopic (exact) mass is 221 g/mol. The van der Waals surface area contributed by atoms with E-state index in [0.717, 1.165) is 18.7 Å². The molecule has 1 fully saturated rings. The third-order valence-corrected chi connectivity index (χ3v) is 3.45. The van der Waals surface area contributed by atoms with Gasteiger partial charge in [0.05, 0.1) is 0 Å². The van der Waals surface area contributed by atoms with Crippen molar-refractivity contribution in [2.24, 2.45) is 22.2 Å². The first-order valence-electron chi connectivity index (χ1n) is 5.98. The zero-order chi connectivity index (χ0) is 11.9. The van der Waals surface area contributed by atoms with Crippen LogP contribution in [0.2, 0.25) is 0 Å². The minimum absolute atomic E-state index is 0.0779. The van der Waals surface area contributed by atoms with Crippen LogP contribution in [0.1, 0.15) is 40.0 Å². The molecule has 0 bridgehead atoms. The molecular formula is C13H19NO2. The molecule has 0 amide bonds. The number of carbonyl (C=O) groups is 2. The zero-order valence-electron chi connectivity index (χ0n) is 10.2. The molecule has 0 aromatic heterocycles. The molecule has 2 rings (SSSR count). The van der Waals surface area contributed by atoms with Crippen molar-refractivity contribution in [3.05, 3.63) is 0 Å². The van der Waals surface area contributed by atoms with E-state index < -0.39 is 5.92 Å². The Morgan fingerprint density at radius 1 is 1.19 bits per heavy atom. The minimum atomic E-state index is -0.502. The van der Waals surface area contributed by atoms with E-state index in [9.17, 15) is 9.59 Å². The second-order valence-corrected chi connectivity index (χ2v) is 6.02. The Balaban J connectivity index is 2.17. The topological polar surface area (TPSA) is 46.5 Å². The van der Waals surface area contributed by atoms with E-state index in [4.69, 9.17) is 0 Å². The van der Waals surface area contributed by atoms with E-state index in [1.165, 1.54) is 0 Å². The first-order valence-corrected chi connectivity index (χ1v) is 5.98. The largest absolute Gasteiger partial charge is 0.298 e. The molecule has 1 saturated carbocycles. The average molecular weight is 221 g/mol. The number of hydrogen-bond donors (Lipinski definition) is 0. The van der Waals surface area contributed by atoms with Crippen LogP contribution in [0.25, 0.3) is 0 Å². The number of rotatable bonds is 1. The Labute approximate surface area is 96.3 Å². The summed E-state index contributed by atoms with van der Waals surface area (Å²) in [6, 6.07) is 0. The number of ketones is 2. The van der Waals surface area contributed by atoms with E-state index >= 15 is 0 Å². The molecule has 0 spiro atoms. The fourth-order valence-corrected chi connectivity index (χ4v) is 2.73. The molecule has 1 aliphatic heterocycles. The van der Waals surface area contributed by atoms with Gasteiger partial charge >= 0.3 is 0 Å². The molecule has 1 aliphatic carbocycles. The summed E-state index contributed by atoms with van der Waals surface area (Å²) in [6.07, 6.45) is 1.84. The molecule has 88 valence electrons. The molecule has 1 heterocycles. The van der Waals surface area contributed by atoms with E-state index in [0.29, 0.717) is 18.8 Å². The Kier molecular flexibility index (Phi) is 2.72. The molecule has 1 atom stereocenters. The predicted molar refractivity (Wildman–Crippen MR) is 62.6 cm³/mol. The molecular weight excluding hydrogens is 202 g/mol. The lowest BCUT2D eigenvalue weighted by Crippen LogP contribution is -2.41. The average Bonchev–Trinajstić information content (AvgIpc) is 2.47. The lowest BCUT2D eigenvalue weighted by molar-refractivity contribution is -0.136. The summed E-state index contributed by atoms with van der Waals surface area (Å²) in [5.41, 5.74) is 0.688. The highest BCUT2D eigenvalue weighted by Crippen LogP contribution is 2.36. The number of aliphatic imine (C=N–C) groups is 1. The predicted octanol–water partition coefficient (Wildman–Crippen LogP) is 2.04. The SMILES string of the molecule is CC1CN=C(C2C(=O)CC(C)(C)CC2=O)C1. The quantitative estimate of drug-likeness (QED) is 0.636. The van der Waals surface area contributed by atoms with Crippen molar-refractivity contribution in [1.29, 1.82) is 0 Å². The lowest BCUT2D eigenvalue weighted by Gasteiger charge is -2.32. The van der Waals surface area contributed by atoms with Crippen LogP contribution in [0.4, 0.5) is 0 Å². The fourth-order valence-electron chi connectivity index (χ4n) is 2.73. The highest BCUT2D eigenvalue weighted by atomic mass is 16.2. The van der Waals surface area contributed by atoms with Gasteiger partial charge in [-0.25, -0.2) is 0 Å². The van der Waals surface area contributed by atoms with E-state index in [1.807, 2.05) is 13.8 Å². The van der Waals surface area contributed by atoms with E-state index in [1.54, 1.807) is 0 Å². The van der Waals surface area contributed by atoms with Gasteiger partial charge in [0, 0.05) is 25.1 Å². The van der Waals surface area contributed by atoms with Crippen molar-refractivity contribution >= 4 is 17.3 Å².